The average molecular weight is 406 g/mol. The molecular weight excluding hydrogens is 390 g/mol. The molecule has 0 unspecified atom stereocenters. The molecule has 3 aromatic rings. The third kappa shape index (κ3) is 5.47. The second-order valence-corrected chi connectivity index (χ2v) is 5.27. The molecular formula is C19H16Cl2Zr. The number of hydrogen-bond donors (Lipinski definition) is 0. The topological polar surface area (TPSA) is 0 Å². The van der Waals surface area contributed by atoms with Crippen LogP contribution in [0.2, 0.25) is 0 Å². The van der Waals surface area contributed by atoms with E-state index >= 15 is 0 Å². The van der Waals surface area contributed by atoms with E-state index in [0.29, 0.717) is 0 Å². The number of fused-ring (bicyclic) bond motifs is 3. The van der Waals surface area contributed by atoms with E-state index in [2.05, 4.69) is 42.5 Å². The largest absolute Gasteiger partial charge is 2.00 e. The van der Waals surface area contributed by atoms with Gasteiger partial charge in [-0.3, -0.25) is 0 Å². The van der Waals surface area contributed by atoms with Gasteiger partial charge in [-0.25, -0.2) is 12.1 Å². The van der Waals surface area contributed by atoms with E-state index in [-0.39, 0.29) is 31.5 Å². The summed E-state index contributed by atoms with van der Waals surface area (Å²) in [6.45, 7) is 0. The van der Waals surface area contributed by atoms with Gasteiger partial charge in [-0.15, -0.1) is 28.8 Å². The van der Waals surface area contributed by atoms with Crippen molar-refractivity contribution in [2.75, 3.05) is 5.34 Å². The number of rotatable bonds is 0. The Bertz CT molecular complexity index is 587. The molecule has 0 fully saturated rings. The number of alkyl halides is 2. The Morgan fingerprint density at radius 1 is 0.909 bits per heavy atom. The maximum Gasteiger partial charge on any atom is 2.00 e. The van der Waals surface area contributed by atoms with Crippen LogP contribution in [-0.2, 0) is 32.6 Å². The standard InChI is InChI=1S/C13H9.C5H5.CH2Cl2.Zr/c1-3-7-12-10(5-1)9-11-6-2-4-8-13(11)12;1-2-4-5-3-1;2-1-3;/h1-5,7-8H,9H2;1-5H;1H2;/q2*-1;;+2. The van der Waals surface area contributed by atoms with Crippen molar-refractivity contribution < 1.29 is 26.2 Å². The van der Waals surface area contributed by atoms with Crippen molar-refractivity contribution in [2.45, 2.75) is 6.42 Å². The molecule has 0 spiro atoms. The summed E-state index contributed by atoms with van der Waals surface area (Å²) in [4.78, 5) is 0. The molecule has 0 saturated heterocycles. The second-order valence-electron chi connectivity index (χ2n) is 4.46. The molecule has 1 aliphatic rings. The fraction of sp³-hybridized carbons (Fsp3) is 0.105. The molecule has 0 radical (unpaired) electrons. The summed E-state index contributed by atoms with van der Waals surface area (Å²) in [5.74, 6) is 0. The smallest absolute Gasteiger partial charge is 0.214 e. The summed E-state index contributed by atoms with van der Waals surface area (Å²) in [6, 6.07) is 28.1. The van der Waals surface area contributed by atoms with Gasteiger partial charge in [-0.2, -0.15) is 48.0 Å². The van der Waals surface area contributed by atoms with E-state index in [1.165, 1.54) is 22.3 Å². The summed E-state index contributed by atoms with van der Waals surface area (Å²) in [5.41, 5.74) is 5.51. The molecule has 22 heavy (non-hydrogen) atoms. The van der Waals surface area contributed by atoms with Crippen molar-refractivity contribution in [3.05, 3.63) is 90.0 Å². The maximum atomic E-state index is 4.76. The first kappa shape index (κ1) is 19.3. The third-order valence-corrected chi connectivity index (χ3v) is 3.17. The van der Waals surface area contributed by atoms with Crippen molar-refractivity contribution in [1.29, 1.82) is 0 Å². The molecule has 0 N–H and O–H groups in total. The van der Waals surface area contributed by atoms with Crippen LogP contribution in [0.4, 0.5) is 0 Å². The van der Waals surface area contributed by atoms with Crippen LogP contribution in [0.3, 0.4) is 0 Å². The van der Waals surface area contributed by atoms with Gasteiger partial charge in [0.05, 0.1) is 5.34 Å². The number of hydrogen-bond acceptors (Lipinski definition) is 0. The fourth-order valence-corrected chi connectivity index (χ4v) is 2.32. The first-order chi connectivity index (χ1) is 10.4. The Morgan fingerprint density at radius 3 is 2.18 bits per heavy atom. The Hall–Kier alpha value is -0.747. The molecule has 0 nitrogen and oxygen atoms in total. The summed E-state index contributed by atoms with van der Waals surface area (Å²) in [5, 5.41) is 0.194. The Labute approximate surface area is 161 Å². The molecule has 0 saturated carbocycles. The molecule has 110 valence electrons. The van der Waals surface area contributed by atoms with Gasteiger partial charge in [0.2, 0.25) is 0 Å². The van der Waals surface area contributed by atoms with E-state index in [1.54, 1.807) is 0 Å². The maximum absolute atomic E-state index is 4.76. The predicted molar refractivity (Wildman–Crippen MR) is 92.1 cm³/mol. The molecule has 0 amide bonds. The van der Waals surface area contributed by atoms with Crippen molar-refractivity contribution in [1.82, 2.24) is 0 Å². The predicted octanol–water partition coefficient (Wildman–Crippen LogP) is 5.88. The van der Waals surface area contributed by atoms with E-state index in [9.17, 15) is 0 Å². The zero-order valence-electron chi connectivity index (χ0n) is 12.1. The van der Waals surface area contributed by atoms with Crippen LogP contribution < -0.4 is 0 Å². The van der Waals surface area contributed by atoms with Crippen LogP contribution >= 0.6 is 23.2 Å². The Morgan fingerprint density at radius 2 is 1.55 bits per heavy atom. The van der Waals surface area contributed by atoms with E-state index in [1.807, 2.05) is 36.4 Å². The first-order valence-corrected chi connectivity index (χ1v) is 7.80. The Kier molecular flexibility index (Phi) is 9.56. The molecule has 1 aliphatic carbocycles. The normalized spacial score (nSPS) is 9.91. The van der Waals surface area contributed by atoms with Gasteiger partial charge in [0.15, 0.2) is 0 Å². The average Bonchev–Trinajstić information content (AvgIpc) is 3.19. The van der Waals surface area contributed by atoms with Crippen LogP contribution in [0, 0.1) is 6.07 Å². The zero-order chi connectivity index (χ0) is 14.9. The van der Waals surface area contributed by atoms with Crippen LogP contribution in [0.15, 0.2) is 72.8 Å². The van der Waals surface area contributed by atoms with Gasteiger partial charge >= 0.3 is 26.2 Å². The minimum atomic E-state index is 0. The summed E-state index contributed by atoms with van der Waals surface area (Å²) in [6.07, 6.45) is 1.05. The van der Waals surface area contributed by atoms with Crippen LogP contribution in [-0.4, -0.2) is 5.34 Å². The molecule has 3 aromatic carbocycles. The van der Waals surface area contributed by atoms with Gasteiger partial charge in [0, 0.05) is 0 Å². The quantitative estimate of drug-likeness (QED) is 0.253. The Balaban J connectivity index is 0.000000227. The number of halogens is 2. The van der Waals surface area contributed by atoms with Gasteiger partial charge in [0.1, 0.15) is 0 Å². The van der Waals surface area contributed by atoms with Crippen LogP contribution in [0.25, 0.3) is 11.1 Å². The monoisotopic (exact) mass is 404 g/mol. The molecule has 4 rings (SSSR count). The third-order valence-electron chi connectivity index (χ3n) is 3.17. The summed E-state index contributed by atoms with van der Waals surface area (Å²) in [7, 11) is 0. The van der Waals surface area contributed by atoms with E-state index in [4.69, 9.17) is 23.2 Å². The van der Waals surface area contributed by atoms with E-state index < -0.39 is 0 Å². The molecule has 0 heterocycles. The van der Waals surface area contributed by atoms with Gasteiger partial charge < -0.3 is 0 Å². The zero-order valence-corrected chi connectivity index (χ0v) is 16.1. The van der Waals surface area contributed by atoms with Crippen molar-refractivity contribution in [2.24, 2.45) is 0 Å². The van der Waals surface area contributed by atoms with Crippen molar-refractivity contribution in [3.63, 3.8) is 0 Å². The SMILES string of the molecule is ClCCl.[Zr+2].[c-]1cccc2c1Cc1ccccc1-2.c1cc[cH-]c1. The minimum absolute atomic E-state index is 0. The van der Waals surface area contributed by atoms with Crippen LogP contribution in [0.5, 0.6) is 0 Å². The van der Waals surface area contributed by atoms with Crippen molar-refractivity contribution >= 4 is 23.2 Å². The minimum Gasteiger partial charge on any atom is -0.214 e. The molecule has 0 aromatic heterocycles. The molecule has 0 atom stereocenters. The van der Waals surface area contributed by atoms with Gasteiger partial charge in [-0.1, -0.05) is 35.4 Å². The van der Waals surface area contributed by atoms with E-state index in [0.717, 1.165) is 6.42 Å². The molecule has 0 aliphatic heterocycles. The first-order valence-electron chi connectivity index (χ1n) is 6.73. The van der Waals surface area contributed by atoms with Crippen molar-refractivity contribution in [3.8, 4) is 11.1 Å². The molecule has 3 heteroatoms. The molecule has 0 bridgehead atoms. The number of benzene rings is 2. The van der Waals surface area contributed by atoms with Gasteiger partial charge in [0.25, 0.3) is 0 Å². The second kappa shape index (κ2) is 10.9. The summed E-state index contributed by atoms with van der Waals surface area (Å²) >= 11 is 9.53. The van der Waals surface area contributed by atoms with Gasteiger partial charge in [-0.05, 0) is 6.42 Å². The van der Waals surface area contributed by atoms with Crippen LogP contribution in [0.1, 0.15) is 11.1 Å². The summed E-state index contributed by atoms with van der Waals surface area (Å²) < 4.78 is 0. The fourth-order valence-electron chi connectivity index (χ4n) is 2.32.